The lowest BCUT2D eigenvalue weighted by atomic mass is 10.1. The molecule has 1 aromatic carbocycles. The van der Waals surface area contributed by atoms with Crippen molar-refractivity contribution in [3.05, 3.63) is 35.0 Å². The van der Waals surface area contributed by atoms with E-state index < -0.39 is 5.97 Å². The van der Waals surface area contributed by atoms with Crippen LogP contribution in [0.4, 0.5) is 0 Å². The lowest BCUT2D eigenvalue weighted by Gasteiger charge is -2.07. The number of fused-ring (bicyclic) bond motifs is 1. The first-order valence-electron chi connectivity index (χ1n) is 5.45. The van der Waals surface area contributed by atoms with Gasteiger partial charge in [-0.25, -0.2) is 0 Å². The Morgan fingerprint density at radius 3 is 2.82 bits per heavy atom. The summed E-state index contributed by atoms with van der Waals surface area (Å²) in [6, 6.07) is 7.71. The number of carboxylic acid groups (broad SMARTS) is 1. The number of carboxylic acids is 1. The molecule has 1 atom stereocenters. The number of hydrogen-bond acceptors (Lipinski definition) is 1. The number of rotatable bonds is 3. The quantitative estimate of drug-likeness (QED) is 0.911. The summed E-state index contributed by atoms with van der Waals surface area (Å²) < 4.78 is 2.00. The Morgan fingerprint density at radius 2 is 2.18 bits per heavy atom. The van der Waals surface area contributed by atoms with Crippen molar-refractivity contribution in [1.29, 1.82) is 0 Å². The van der Waals surface area contributed by atoms with Gasteiger partial charge in [-0.3, -0.25) is 4.79 Å². The van der Waals surface area contributed by atoms with Gasteiger partial charge in [0.15, 0.2) is 0 Å². The molecule has 1 aromatic heterocycles. The van der Waals surface area contributed by atoms with Crippen molar-refractivity contribution in [2.24, 2.45) is 13.0 Å². The Kier molecular flexibility index (Phi) is 3.11. The molecule has 0 amide bonds. The number of carbonyl (C=O) groups is 1. The number of halogens is 1. The highest BCUT2D eigenvalue weighted by Gasteiger charge is 2.15. The van der Waals surface area contributed by atoms with Gasteiger partial charge in [0.25, 0.3) is 0 Å². The van der Waals surface area contributed by atoms with Crippen LogP contribution in [-0.2, 0) is 18.3 Å². The molecule has 17 heavy (non-hydrogen) atoms. The molecule has 0 spiro atoms. The molecule has 3 nitrogen and oxygen atoms in total. The molecule has 0 aliphatic carbocycles. The largest absolute Gasteiger partial charge is 0.481 e. The van der Waals surface area contributed by atoms with Crippen LogP contribution in [0.5, 0.6) is 0 Å². The van der Waals surface area contributed by atoms with Gasteiger partial charge in [-0.05, 0) is 23.6 Å². The summed E-state index contributed by atoms with van der Waals surface area (Å²) in [5.74, 6) is -1.15. The van der Waals surface area contributed by atoms with E-state index in [0.29, 0.717) is 11.4 Å². The van der Waals surface area contributed by atoms with E-state index in [1.807, 2.05) is 35.9 Å². The Hall–Kier alpha value is -1.48. The maximum Gasteiger partial charge on any atom is 0.306 e. The number of benzene rings is 1. The van der Waals surface area contributed by atoms with Gasteiger partial charge in [-0.2, -0.15) is 0 Å². The van der Waals surface area contributed by atoms with E-state index in [9.17, 15) is 4.79 Å². The Labute approximate surface area is 105 Å². The van der Waals surface area contributed by atoms with Gasteiger partial charge >= 0.3 is 5.97 Å². The first kappa shape index (κ1) is 12.0. The minimum atomic E-state index is -0.770. The predicted octanol–water partition coefficient (Wildman–Crippen LogP) is 3.09. The lowest BCUT2D eigenvalue weighted by Crippen LogP contribution is -2.13. The maximum absolute atomic E-state index is 10.9. The summed E-state index contributed by atoms with van der Waals surface area (Å²) in [5, 5.41) is 10.7. The van der Waals surface area contributed by atoms with Gasteiger partial charge in [0.05, 0.1) is 5.92 Å². The first-order valence-corrected chi connectivity index (χ1v) is 5.83. The third kappa shape index (κ3) is 2.29. The molecule has 1 heterocycles. The van der Waals surface area contributed by atoms with Crippen LogP contribution in [0.25, 0.3) is 10.9 Å². The van der Waals surface area contributed by atoms with Gasteiger partial charge < -0.3 is 9.67 Å². The van der Waals surface area contributed by atoms with Gasteiger partial charge in [-0.15, -0.1) is 0 Å². The highest BCUT2D eigenvalue weighted by Crippen LogP contribution is 2.24. The Morgan fingerprint density at radius 1 is 1.47 bits per heavy atom. The molecular formula is C13H14ClNO2. The highest BCUT2D eigenvalue weighted by molar-refractivity contribution is 6.31. The van der Waals surface area contributed by atoms with Crippen molar-refractivity contribution in [2.75, 3.05) is 0 Å². The van der Waals surface area contributed by atoms with Crippen molar-refractivity contribution in [3.8, 4) is 0 Å². The number of aliphatic carboxylic acids is 1. The van der Waals surface area contributed by atoms with Gasteiger partial charge in [-0.1, -0.05) is 24.6 Å². The third-order valence-corrected chi connectivity index (χ3v) is 3.28. The minimum absolute atomic E-state index is 0.381. The highest BCUT2D eigenvalue weighted by atomic mass is 35.5. The van der Waals surface area contributed by atoms with E-state index in [2.05, 4.69) is 0 Å². The summed E-state index contributed by atoms with van der Waals surface area (Å²) in [7, 11) is 1.93. The van der Waals surface area contributed by atoms with E-state index in [1.54, 1.807) is 6.92 Å². The molecule has 0 aliphatic heterocycles. The van der Waals surface area contributed by atoms with Crippen molar-refractivity contribution in [3.63, 3.8) is 0 Å². The van der Waals surface area contributed by atoms with Crippen molar-refractivity contribution in [2.45, 2.75) is 13.3 Å². The topological polar surface area (TPSA) is 42.2 Å². The zero-order valence-corrected chi connectivity index (χ0v) is 10.5. The van der Waals surface area contributed by atoms with Crippen LogP contribution >= 0.6 is 11.6 Å². The third-order valence-electron chi connectivity index (χ3n) is 3.04. The molecular weight excluding hydrogens is 238 g/mol. The predicted molar refractivity (Wildman–Crippen MR) is 68.4 cm³/mol. The van der Waals surface area contributed by atoms with Gasteiger partial charge in [0.1, 0.15) is 0 Å². The first-order chi connectivity index (χ1) is 7.99. The normalized spacial score (nSPS) is 12.9. The number of aryl methyl sites for hydroxylation is 1. The summed E-state index contributed by atoms with van der Waals surface area (Å²) >= 11 is 5.95. The fourth-order valence-electron chi connectivity index (χ4n) is 1.96. The van der Waals surface area contributed by atoms with Crippen LogP contribution in [0.2, 0.25) is 5.02 Å². The SMILES string of the molecule is CC(Cc1cc2ccc(Cl)cc2n1C)C(=O)O. The minimum Gasteiger partial charge on any atom is -0.481 e. The summed E-state index contributed by atoms with van der Waals surface area (Å²) in [5.41, 5.74) is 2.04. The molecule has 0 radical (unpaired) electrons. The molecule has 90 valence electrons. The Balaban J connectivity index is 2.42. The second-order valence-electron chi connectivity index (χ2n) is 4.34. The van der Waals surface area contributed by atoms with E-state index in [1.165, 1.54) is 0 Å². The second-order valence-corrected chi connectivity index (χ2v) is 4.78. The second kappa shape index (κ2) is 4.41. The molecule has 4 heteroatoms. The van der Waals surface area contributed by atoms with Crippen LogP contribution in [0, 0.1) is 5.92 Å². The van der Waals surface area contributed by atoms with Crippen LogP contribution in [-0.4, -0.2) is 15.6 Å². The monoisotopic (exact) mass is 251 g/mol. The van der Waals surface area contributed by atoms with Crippen LogP contribution in [0.3, 0.4) is 0 Å². The number of nitrogens with zero attached hydrogens (tertiary/aromatic N) is 1. The zero-order chi connectivity index (χ0) is 12.6. The Bertz CT molecular complexity index is 574. The zero-order valence-electron chi connectivity index (χ0n) is 9.77. The molecule has 1 unspecified atom stereocenters. The molecule has 0 aliphatic rings. The smallest absolute Gasteiger partial charge is 0.306 e. The van der Waals surface area contributed by atoms with Gasteiger partial charge in [0, 0.05) is 29.7 Å². The maximum atomic E-state index is 10.9. The number of hydrogen-bond donors (Lipinski definition) is 1. The summed E-state index contributed by atoms with van der Waals surface area (Å²) in [6.45, 7) is 1.72. The van der Waals surface area contributed by atoms with E-state index >= 15 is 0 Å². The molecule has 2 aromatic rings. The van der Waals surface area contributed by atoms with Crippen LogP contribution < -0.4 is 0 Å². The van der Waals surface area contributed by atoms with E-state index in [0.717, 1.165) is 16.6 Å². The fourth-order valence-corrected chi connectivity index (χ4v) is 2.12. The average Bonchev–Trinajstić information content (AvgIpc) is 2.56. The van der Waals surface area contributed by atoms with E-state index in [4.69, 9.17) is 16.7 Å². The number of aromatic nitrogens is 1. The van der Waals surface area contributed by atoms with Crippen molar-refractivity contribution >= 4 is 28.5 Å². The van der Waals surface area contributed by atoms with Crippen molar-refractivity contribution in [1.82, 2.24) is 4.57 Å². The van der Waals surface area contributed by atoms with Crippen LogP contribution in [0.15, 0.2) is 24.3 Å². The van der Waals surface area contributed by atoms with Crippen molar-refractivity contribution < 1.29 is 9.90 Å². The lowest BCUT2D eigenvalue weighted by molar-refractivity contribution is -0.141. The molecule has 0 saturated carbocycles. The average molecular weight is 252 g/mol. The molecule has 0 bridgehead atoms. The fraction of sp³-hybridized carbons (Fsp3) is 0.308. The van der Waals surface area contributed by atoms with Crippen LogP contribution in [0.1, 0.15) is 12.6 Å². The molecule has 0 saturated heterocycles. The van der Waals surface area contributed by atoms with E-state index in [-0.39, 0.29) is 5.92 Å². The summed E-state index contributed by atoms with van der Waals surface area (Å²) in [4.78, 5) is 10.9. The molecule has 0 fully saturated rings. The molecule has 1 N–H and O–H groups in total. The summed E-state index contributed by atoms with van der Waals surface area (Å²) in [6.07, 6.45) is 0.526. The molecule has 2 rings (SSSR count). The van der Waals surface area contributed by atoms with Gasteiger partial charge in [0.2, 0.25) is 0 Å². The standard InChI is InChI=1S/C13H14ClNO2/c1-8(13(16)17)5-11-6-9-3-4-10(14)7-12(9)15(11)2/h3-4,6-8H,5H2,1-2H3,(H,16,17).